The van der Waals surface area contributed by atoms with Crippen LogP contribution in [0.4, 0.5) is 0 Å². The van der Waals surface area contributed by atoms with Crippen molar-refractivity contribution in [1.29, 1.82) is 0 Å². The normalized spacial score (nSPS) is 11.3. The highest BCUT2D eigenvalue weighted by molar-refractivity contribution is 5.86. The van der Waals surface area contributed by atoms with Gasteiger partial charge < -0.3 is 8.83 Å². The number of rotatable bonds is 1. The second kappa shape index (κ2) is 3.50. The van der Waals surface area contributed by atoms with Gasteiger partial charge in [0.1, 0.15) is 16.9 Å². The van der Waals surface area contributed by atoms with E-state index >= 15 is 0 Å². The summed E-state index contributed by atoms with van der Waals surface area (Å²) in [6.07, 6.45) is 1.70. The number of furan rings is 2. The van der Waals surface area contributed by atoms with Crippen LogP contribution in [0.1, 0.15) is 0 Å². The molecule has 2 aromatic carbocycles. The Bertz CT molecular complexity index is 803. The fraction of sp³-hybridized carbons (Fsp3) is 0. The molecule has 2 heteroatoms. The van der Waals surface area contributed by atoms with E-state index in [1.165, 1.54) is 0 Å². The monoisotopic (exact) mass is 234 g/mol. The lowest BCUT2D eigenvalue weighted by Crippen LogP contribution is -1.72. The first-order chi connectivity index (χ1) is 8.90. The Balaban J connectivity index is 1.94. The van der Waals surface area contributed by atoms with Crippen LogP contribution in [0.25, 0.3) is 33.3 Å². The molecule has 4 aromatic rings. The van der Waals surface area contributed by atoms with Crippen LogP contribution >= 0.6 is 0 Å². The van der Waals surface area contributed by atoms with Crippen molar-refractivity contribution in [3.63, 3.8) is 0 Å². The Morgan fingerprint density at radius 2 is 1.67 bits per heavy atom. The summed E-state index contributed by atoms with van der Waals surface area (Å²) in [5.74, 6) is 0.870. The minimum absolute atomic E-state index is 0.870. The summed E-state index contributed by atoms with van der Waals surface area (Å²) in [6, 6.07) is 18.1. The van der Waals surface area contributed by atoms with Gasteiger partial charge in [-0.15, -0.1) is 0 Å². The zero-order chi connectivity index (χ0) is 11.9. The third kappa shape index (κ3) is 1.36. The lowest BCUT2D eigenvalue weighted by atomic mass is 10.1. The van der Waals surface area contributed by atoms with Gasteiger partial charge in [-0.2, -0.15) is 0 Å². The first-order valence-corrected chi connectivity index (χ1v) is 5.86. The molecule has 0 radical (unpaired) electrons. The SMILES string of the molecule is c1ccc2oc(-c3ccc4ccoc4c3)cc2c1. The fourth-order valence-corrected chi connectivity index (χ4v) is 2.23. The average Bonchev–Trinajstić information content (AvgIpc) is 3.04. The van der Waals surface area contributed by atoms with Gasteiger partial charge in [0.15, 0.2) is 0 Å². The van der Waals surface area contributed by atoms with E-state index in [-0.39, 0.29) is 0 Å². The van der Waals surface area contributed by atoms with Crippen molar-refractivity contribution in [3.05, 3.63) is 60.9 Å². The van der Waals surface area contributed by atoms with Crippen LogP contribution in [-0.4, -0.2) is 0 Å². The fourth-order valence-electron chi connectivity index (χ4n) is 2.23. The third-order valence-electron chi connectivity index (χ3n) is 3.17. The molecular formula is C16H10O2. The van der Waals surface area contributed by atoms with Crippen molar-refractivity contribution in [1.82, 2.24) is 0 Å². The maximum atomic E-state index is 5.84. The number of fused-ring (bicyclic) bond motifs is 2. The van der Waals surface area contributed by atoms with E-state index in [1.807, 2.05) is 42.5 Å². The summed E-state index contributed by atoms with van der Waals surface area (Å²) < 4.78 is 11.3. The van der Waals surface area contributed by atoms with Gasteiger partial charge in [0.2, 0.25) is 0 Å². The highest BCUT2D eigenvalue weighted by Crippen LogP contribution is 2.30. The maximum Gasteiger partial charge on any atom is 0.135 e. The van der Waals surface area contributed by atoms with E-state index in [2.05, 4.69) is 12.1 Å². The van der Waals surface area contributed by atoms with E-state index < -0.39 is 0 Å². The van der Waals surface area contributed by atoms with E-state index in [1.54, 1.807) is 6.26 Å². The molecule has 18 heavy (non-hydrogen) atoms. The molecule has 0 N–H and O–H groups in total. The second-order valence-electron chi connectivity index (χ2n) is 4.32. The molecular weight excluding hydrogens is 224 g/mol. The molecule has 0 aliphatic heterocycles. The van der Waals surface area contributed by atoms with Crippen LogP contribution in [-0.2, 0) is 0 Å². The lowest BCUT2D eigenvalue weighted by Gasteiger charge is -1.95. The zero-order valence-electron chi connectivity index (χ0n) is 9.59. The van der Waals surface area contributed by atoms with Crippen LogP contribution in [0, 0.1) is 0 Å². The summed E-state index contributed by atoms with van der Waals surface area (Å²) in [5, 5.41) is 2.22. The van der Waals surface area contributed by atoms with Gasteiger partial charge in [0.05, 0.1) is 6.26 Å². The molecule has 2 aromatic heterocycles. The van der Waals surface area contributed by atoms with Crippen LogP contribution in [0.2, 0.25) is 0 Å². The zero-order valence-corrected chi connectivity index (χ0v) is 9.59. The second-order valence-corrected chi connectivity index (χ2v) is 4.32. The van der Waals surface area contributed by atoms with Gasteiger partial charge in [0, 0.05) is 16.3 Å². The Labute approximate surface area is 103 Å². The van der Waals surface area contributed by atoms with Crippen LogP contribution in [0.5, 0.6) is 0 Å². The van der Waals surface area contributed by atoms with Crippen LogP contribution in [0.15, 0.2) is 69.7 Å². The number of benzene rings is 2. The quantitative estimate of drug-likeness (QED) is 0.470. The molecule has 2 heterocycles. The van der Waals surface area contributed by atoms with Crippen LogP contribution in [0.3, 0.4) is 0 Å². The Morgan fingerprint density at radius 3 is 2.61 bits per heavy atom. The first kappa shape index (κ1) is 9.54. The van der Waals surface area contributed by atoms with Crippen molar-refractivity contribution in [2.75, 3.05) is 0 Å². The molecule has 4 rings (SSSR count). The molecule has 0 unspecified atom stereocenters. The van der Waals surface area contributed by atoms with Gasteiger partial charge >= 0.3 is 0 Å². The molecule has 0 saturated carbocycles. The Kier molecular flexibility index (Phi) is 1.86. The van der Waals surface area contributed by atoms with Crippen molar-refractivity contribution in [2.45, 2.75) is 0 Å². The number of hydrogen-bond acceptors (Lipinski definition) is 2. The van der Waals surface area contributed by atoms with Gasteiger partial charge in [-0.3, -0.25) is 0 Å². The molecule has 0 amide bonds. The summed E-state index contributed by atoms with van der Waals surface area (Å²) >= 11 is 0. The Hall–Kier alpha value is -2.48. The predicted molar refractivity (Wildman–Crippen MR) is 71.4 cm³/mol. The van der Waals surface area contributed by atoms with Crippen LogP contribution < -0.4 is 0 Å². The summed E-state index contributed by atoms with van der Waals surface area (Å²) in [7, 11) is 0. The largest absolute Gasteiger partial charge is 0.464 e. The van der Waals surface area contributed by atoms with E-state index in [0.29, 0.717) is 0 Å². The third-order valence-corrected chi connectivity index (χ3v) is 3.17. The summed E-state index contributed by atoms with van der Waals surface area (Å²) in [4.78, 5) is 0. The average molecular weight is 234 g/mol. The molecule has 0 spiro atoms. The van der Waals surface area contributed by atoms with Crippen molar-refractivity contribution >= 4 is 21.9 Å². The molecule has 86 valence electrons. The first-order valence-electron chi connectivity index (χ1n) is 5.86. The molecule has 0 fully saturated rings. The molecule has 0 aliphatic carbocycles. The Morgan fingerprint density at radius 1 is 0.722 bits per heavy atom. The maximum absolute atomic E-state index is 5.84. The highest BCUT2D eigenvalue weighted by atomic mass is 16.3. The van der Waals surface area contributed by atoms with Gasteiger partial charge in [0.25, 0.3) is 0 Å². The van der Waals surface area contributed by atoms with Gasteiger partial charge in [-0.05, 0) is 24.3 Å². The molecule has 0 bridgehead atoms. The van der Waals surface area contributed by atoms with Gasteiger partial charge in [-0.1, -0.05) is 30.3 Å². The standard InChI is InChI=1S/C16H10O2/c1-2-4-14-12(3-1)10-16(18-14)13-6-5-11-7-8-17-15(11)9-13/h1-10H. The van der Waals surface area contributed by atoms with Crippen molar-refractivity contribution in [3.8, 4) is 11.3 Å². The molecule has 0 saturated heterocycles. The van der Waals surface area contributed by atoms with E-state index in [9.17, 15) is 0 Å². The summed E-state index contributed by atoms with van der Waals surface area (Å²) in [6.45, 7) is 0. The summed E-state index contributed by atoms with van der Waals surface area (Å²) in [5.41, 5.74) is 2.83. The molecule has 0 atom stereocenters. The highest BCUT2D eigenvalue weighted by Gasteiger charge is 2.07. The van der Waals surface area contributed by atoms with E-state index in [0.717, 1.165) is 33.3 Å². The van der Waals surface area contributed by atoms with Crippen molar-refractivity contribution in [2.24, 2.45) is 0 Å². The topological polar surface area (TPSA) is 26.3 Å². The van der Waals surface area contributed by atoms with Gasteiger partial charge in [-0.25, -0.2) is 0 Å². The molecule has 2 nitrogen and oxygen atoms in total. The number of para-hydroxylation sites is 1. The minimum Gasteiger partial charge on any atom is -0.464 e. The number of hydrogen-bond donors (Lipinski definition) is 0. The van der Waals surface area contributed by atoms with Crippen molar-refractivity contribution < 1.29 is 8.83 Å². The molecule has 0 aliphatic rings. The predicted octanol–water partition coefficient (Wildman–Crippen LogP) is 4.85. The minimum atomic E-state index is 0.870. The van der Waals surface area contributed by atoms with E-state index in [4.69, 9.17) is 8.83 Å². The lowest BCUT2D eigenvalue weighted by molar-refractivity contribution is 0.614. The smallest absolute Gasteiger partial charge is 0.135 e.